The molecule has 0 bridgehead atoms. The first-order chi connectivity index (χ1) is 5.20. The summed E-state index contributed by atoms with van der Waals surface area (Å²) in [5, 5.41) is 0. The number of allylic oxidation sites excluding steroid dienone is 4. The maximum Gasteiger partial charge on any atom is 0.228 e. The van der Waals surface area contributed by atoms with Crippen LogP contribution in [0.4, 0.5) is 0 Å². The van der Waals surface area contributed by atoms with Crippen LogP contribution in [0.1, 0.15) is 20.3 Å². The SMILES string of the molecule is CC([C]=O)=CCC=C(C)[C]=O. The lowest BCUT2D eigenvalue weighted by Crippen LogP contribution is -1.77. The summed E-state index contributed by atoms with van der Waals surface area (Å²) >= 11 is 0. The van der Waals surface area contributed by atoms with E-state index in [2.05, 4.69) is 0 Å². The van der Waals surface area contributed by atoms with E-state index in [4.69, 9.17) is 0 Å². The molecule has 0 heterocycles. The highest BCUT2D eigenvalue weighted by Gasteiger charge is 1.85. The lowest BCUT2D eigenvalue weighted by Gasteiger charge is -1.85. The Morgan fingerprint density at radius 2 is 1.45 bits per heavy atom. The minimum atomic E-state index is 0.556. The Hall–Kier alpha value is -1.18. The van der Waals surface area contributed by atoms with Gasteiger partial charge in [0.1, 0.15) is 0 Å². The van der Waals surface area contributed by atoms with Gasteiger partial charge >= 0.3 is 0 Å². The predicted molar refractivity (Wildman–Crippen MR) is 43.5 cm³/mol. The highest BCUT2D eigenvalue weighted by Crippen LogP contribution is 1.95. The molecule has 0 fully saturated rings. The van der Waals surface area contributed by atoms with E-state index in [1.54, 1.807) is 38.6 Å². The van der Waals surface area contributed by atoms with Gasteiger partial charge in [0.05, 0.1) is 0 Å². The van der Waals surface area contributed by atoms with E-state index in [1.807, 2.05) is 0 Å². The van der Waals surface area contributed by atoms with Gasteiger partial charge in [-0.25, -0.2) is 0 Å². The highest BCUT2D eigenvalue weighted by molar-refractivity contribution is 5.74. The Bertz CT molecular complexity index is 178. The zero-order chi connectivity index (χ0) is 8.69. The van der Waals surface area contributed by atoms with Crippen LogP contribution in [0, 0.1) is 0 Å². The smallest absolute Gasteiger partial charge is 0.228 e. The Kier molecular flexibility index (Phi) is 4.99. The number of hydrogen-bond donors (Lipinski definition) is 0. The third-order valence-electron chi connectivity index (χ3n) is 1.17. The molecule has 0 amide bonds. The van der Waals surface area contributed by atoms with Gasteiger partial charge in [-0.15, -0.1) is 0 Å². The summed E-state index contributed by atoms with van der Waals surface area (Å²) < 4.78 is 0. The van der Waals surface area contributed by atoms with Crippen LogP contribution in [0.25, 0.3) is 0 Å². The maximum atomic E-state index is 9.96. The van der Waals surface area contributed by atoms with Crippen molar-refractivity contribution in [2.45, 2.75) is 20.3 Å². The monoisotopic (exact) mass is 150 g/mol. The van der Waals surface area contributed by atoms with Gasteiger partial charge in [0, 0.05) is 0 Å². The molecule has 2 radical (unpaired) electrons. The van der Waals surface area contributed by atoms with Gasteiger partial charge in [-0.2, -0.15) is 0 Å². The minimum Gasteiger partial charge on any atom is -0.285 e. The molecule has 58 valence electrons. The molecule has 0 unspecified atom stereocenters. The van der Waals surface area contributed by atoms with Crippen LogP contribution >= 0.6 is 0 Å². The summed E-state index contributed by atoms with van der Waals surface area (Å²) in [6.45, 7) is 3.33. The lowest BCUT2D eigenvalue weighted by atomic mass is 10.2. The highest BCUT2D eigenvalue weighted by atomic mass is 16.1. The van der Waals surface area contributed by atoms with Crippen LogP contribution in [-0.4, -0.2) is 12.6 Å². The molecule has 0 aliphatic carbocycles. The molecule has 11 heavy (non-hydrogen) atoms. The average molecular weight is 150 g/mol. The zero-order valence-corrected chi connectivity index (χ0v) is 6.68. The minimum absolute atomic E-state index is 0.556. The average Bonchev–Trinajstić information content (AvgIpc) is 2.04. The quantitative estimate of drug-likeness (QED) is 0.569. The van der Waals surface area contributed by atoms with Gasteiger partial charge in [0.2, 0.25) is 12.6 Å². The molecular formula is C9H10O2. The van der Waals surface area contributed by atoms with Crippen molar-refractivity contribution in [3.05, 3.63) is 23.3 Å². The van der Waals surface area contributed by atoms with Crippen molar-refractivity contribution in [3.63, 3.8) is 0 Å². The van der Waals surface area contributed by atoms with Crippen molar-refractivity contribution >= 4 is 12.6 Å². The zero-order valence-electron chi connectivity index (χ0n) is 6.68. The molecule has 0 spiro atoms. The summed E-state index contributed by atoms with van der Waals surface area (Å²) in [6, 6.07) is 0. The van der Waals surface area contributed by atoms with E-state index in [9.17, 15) is 9.59 Å². The second-order valence-corrected chi connectivity index (χ2v) is 2.21. The van der Waals surface area contributed by atoms with Crippen molar-refractivity contribution in [1.29, 1.82) is 0 Å². The first kappa shape index (κ1) is 9.82. The topological polar surface area (TPSA) is 34.1 Å². The van der Waals surface area contributed by atoms with Crippen molar-refractivity contribution in [2.24, 2.45) is 0 Å². The van der Waals surface area contributed by atoms with Crippen LogP contribution < -0.4 is 0 Å². The summed E-state index contributed by atoms with van der Waals surface area (Å²) in [5.41, 5.74) is 1.11. The van der Waals surface area contributed by atoms with E-state index in [1.165, 1.54) is 0 Å². The van der Waals surface area contributed by atoms with Gasteiger partial charge in [0.15, 0.2) is 0 Å². The van der Waals surface area contributed by atoms with Crippen molar-refractivity contribution in [1.82, 2.24) is 0 Å². The van der Waals surface area contributed by atoms with Gasteiger partial charge < -0.3 is 0 Å². The molecule has 0 N–H and O–H groups in total. The molecule has 0 aliphatic rings. The van der Waals surface area contributed by atoms with Gasteiger partial charge in [-0.1, -0.05) is 12.2 Å². The van der Waals surface area contributed by atoms with Gasteiger partial charge in [0.25, 0.3) is 0 Å². The second-order valence-electron chi connectivity index (χ2n) is 2.21. The fourth-order valence-corrected chi connectivity index (χ4v) is 0.496. The van der Waals surface area contributed by atoms with E-state index >= 15 is 0 Å². The molecule has 0 atom stereocenters. The number of hydrogen-bond acceptors (Lipinski definition) is 2. The van der Waals surface area contributed by atoms with E-state index in [-0.39, 0.29) is 0 Å². The van der Waals surface area contributed by atoms with E-state index in [0.717, 1.165) is 0 Å². The van der Waals surface area contributed by atoms with Crippen LogP contribution in [0.15, 0.2) is 23.3 Å². The molecule has 0 aromatic carbocycles. The lowest BCUT2D eigenvalue weighted by molar-refractivity contribution is 0.561. The van der Waals surface area contributed by atoms with Crippen LogP contribution in [0.3, 0.4) is 0 Å². The molecule has 2 nitrogen and oxygen atoms in total. The van der Waals surface area contributed by atoms with Gasteiger partial charge in [-0.3, -0.25) is 9.59 Å². The fraction of sp³-hybridized carbons (Fsp3) is 0.333. The molecule has 0 saturated carbocycles. The third kappa shape index (κ3) is 5.27. The van der Waals surface area contributed by atoms with Gasteiger partial charge in [-0.05, 0) is 31.4 Å². The second kappa shape index (κ2) is 5.59. The van der Waals surface area contributed by atoms with Crippen molar-refractivity contribution < 1.29 is 9.59 Å². The van der Waals surface area contributed by atoms with Crippen LogP contribution in [-0.2, 0) is 9.59 Å². The first-order valence-corrected chi connectivity index (χ1v) is 3.30. The first-order valence-electron chi connectivity index (χ1n) is 3.30. The van der Waals surface area contributed by atoms with Crippen molar-refractivity contribution in [2.75, 3.05) is 0 Å². The van der Waals surface area contributed by atoms with E-state index < -0.39 is 0 Å². The largest absolute Gasteiger partial charge is 0.285 e. The fourth-order valence-electron chi connectivity index (χ4n) is 0.496. The Labute approximate surface area is 66.6 Å². The summed E-state index contributed by atoms with van der Waals surface area (Å²) in [6.07, 6.45) is 7.47. The molecule has 0 rings (SSSR count). The van der Waals surface area contributed by atoms with Crippen LogP contribution in [0.5, 0.6) is 0 Å². The summed E-state index contributed by atoms with van der Waals surface area (Å²) in [5.74, 6) is 0. The Balaban J connectivity index is 3.89. The Morgan fingerprint density at radius 3 is 1.73 bits per heavy atom. The molecule has 0 aromatic heterocycles. The van der Waals surface area contributed by atoms with E-state index in [0.29, 0.717) is 17.6 Å². The summed E-state index contributed by atoms with van der Waals surface area (Å²) in [7, 11) is 0. The molecule has 0 aliphatic heterocycles. The summed E-state index contributed by atoms with van der Waals surface area (Å²) in [4.78, 5) is 19.9. The predicted octanol–water partition coefficient (Wildman–Crippen LogP) is 1.49. The molecule has 0 saturated heterocycles. The standard InChI is InChI=1S/C9H10O2/c1-8(6-10)4-3-5-9(2)7-11/h4-5H,3H2,1-2H3. The molecular weight excluding hydrogens is 140 g/mol. The normalized spacial score (nSPS) is 12.9. The maximum absolute atomic E-state index is 9.96. The Morgan fingerprint density at radius 1 is 1.09 bits per heavy atom. The van der Waals surface area contributed by atoms with Crippen LogP contribution in [0.2, 0.25) is 0 Å². The number of rotatable bonds is 4. The molecule has 0 aromatic rings. The third-order valence-corrected chi connectivity index (χ3v) is 1.17. The molecule has 2 heteroatoms. The number of carbonyl (C=O) groups excluding carboxylic acids is 2. The van der Waals surface area contributed by atoms with Crippen molar-refractivity contribution in [3.8, 4) is 0 Å².